The Hall–Kier alpha value is -4.16. The fourth-order valence-electron chi connectivity index (χ4n) is 4.33. The largest absolute Gasteiger partial charge is 0.390 e. The summed E-state index contributed by atoms with van der Waals surface area (Å²) in [6.45, 7) is 2.97. The molecule has 1 unspecified atom stereocenters. The smallest absolute Gasteiger partial charge is 0.263 e. The van der Waals surface area contributed by atoms with Crippen molar-refractivity contribution in [3.8, 4) is 0 Å². The number of benzene rings is 2. The van der Waals surface area contributed by atoms with Crippen LogP contribution >= 0.6 is 11.3 Å². The minimum Gasteiger partial charge on any atom is -0.390 e. The summed E-state index contributed by atoms with van der Waals surface area (Å²) in [5.74, 6) is 4.83. The minimum absolute atomic E-state index is 0.0236. The van der Waals surface area contributed by atoms with Gasteiger partial charge in [-0.1, -0.05) is 48.5 Å². The third-order valence-corrected chi connectivity index (χ3v) is 7.22. The summed E-state index contributed by atoms with van der Waals surface area (Å²) >= 11 is 1.43. The molecule has 1 atom stereocenters. The van der Waals surface area contributed by atoms with Crippen LogP contribution in [0.3, 0.4) is 0 Å². The van der Waals surface area contributed by atoms with Gasteiger partial charge in [0.15, 0.2) is 6.17 Å². The summed E-state index contributed by atoms with van der Waals surface area (Å²) in [4.78, 5) is 28.9. The van der Waals surface area contributed by atoms with Gasteiger partial charge in [0.2, 0.25) is 5.90 Å². The number of nitrogens with zero attached hydrogens (tertiary/aromatic N) is 3. The second kappa shape index (κ2) is 11.5. The molecule has 10 nitrogen and oxygen atoms in total. The fourth-order valence-corrected chi connectivity index (χ4v) is 5.38. The van der Waals surface area contributed by atoms with Gasteiger partial charge in [0.05, 0.1) is 30.3 Å². The molecular formula is C27H27N7O3S. The number of amides is 1. The Morgan fingerprint density at radius 1 is 1.08 bits per heavy atom. The molecule has 2 aliphatic heterocycles. The molecule has 0 saturated carbocycles. The Kier molecular flexibility index (Phi) is 7.70. The lowest BCUT2D eigenvalue weighted by Crippen LogP contribution is -2.37. The molecule has 4 heterocycles. The van der Waals surface area contributed by atoms with E-state index in [0.717, 1.165) is 56.4 Å². The number of ether oxygens (including phenoxy) is 1. The molecule has 1 amide bonds. The molecule has 11 heteroatoms. The van der Waals surface area contributed by atoms with Gasteiger partial charge < -0.3 is 25.5 Å². The zero-order valence-corrected chi connectivity index (χ0v) is 21.3. The van der Waals surface area contributed by atoms with E-state index in [0.29, 0.717) is 13.2 Å². The Morgan fingerprint density at radius 2 is 1.82 bits per heavy atom. The summed E-state index contributed by atoms with van der Waals surface area (Å²) < 4.78 is 5.37. The minimum atomic E-state index is -0.886. The average molecular weight is 530 g/mol. The molecule has 4 aromatic rings. The monoisotopic (exact) mass is 529 g/mol. The highest BCUT2D eigenvalue weighted by molar-refractivity contribution is 7.21. The van der Waals surface area contributed by atoms with E-state index in [2.05, 4.69) is 25.0 Å². The van der Waals surface area contributed by atoms with Crippen LogP contribution in [0.4, 0.5) is 11.4 Å². The van der Waals surface area contributed by atoms with Crippen molar-refractivity contribution in [2.75, 3.05) is 36.5 Å². The highest BCUT2D eigenvalue weighted by Crippen LogP contribution is 2.37. The molecular weight excluding hydrogens is 502 g/mol. The quantitative estimate of drug-likeness (QED) is 0.181. The Balaban J connectivity index is 0.000000155. The first-order valence-corrected chi connectivity index (χ1v) is 12.8. The van der Waals surface area contributed by atoms with Crippen LogP contribution in [-0.2, 0) is 14.4 Å². The molecule has 6 rings (SSSR count). The van der Waals surface area contributed by atoms with E-state index < -0.39 is 6.17 Å². The number of aliphatic imine (C=N–C) groups is 1. The molecule has 2 aromatic carbocycles. The van der Waals surface area contributed by atoms with E-state index in [1.54, 1.807) is 6.20 Å². The number of hydrogen-bond donors (Lipinski definition) is 4. The summed E-state index contributed by atoms with van der Waals surface area (Å²) in [7, 11) is 0. The maximum atomic E-state index is 11.8. The van der Waals surface area contributed by atoms with Gasteiger partial charge in [0, 0.05) is 35.8 Å². The van der Waals surface area contributed by atoms with Gasteiger partial charge in [-0.25, -0.2) is 4.98 Å². The maximum absolute atomic E-state index is 11.8. The lowest BCUT2D eigenvalue weighted by atomic mass is 10.0. The van der Waals surface area contributed by atoms with Crippen LogP contribution in [0.15, 0.2) is 77.9 Å². The molecule has 0 radical (unpaired) electrons. The number of nitrogens with one attached hydrogen (secondary N) is 2. The number of hydrogen-bond acceptors (Lipinski definition) is 10. The number of pyridine rings is 1. The Bertz CT molecular complexity index is 1480. The summed E-state index contributed by atoms with van der Waals surface area (Å²) in [5.41, 5.74) is 10.1. The molecule has 2 aromatic heterocycles. The van der Waals surface area contributed by atoms with E-state index in [1.807, 2.05) is 66.7 Å². The Labute approximate surface area is 223 Å². The number of thiophene rings is 1. The fraction of sp³-hybridized carbons (Fsp3) is 0.185. The van der Waals surface area contributed by atoms with Crippen molar-refractivity contribution in [2.24, 2.45) is 16.6 Å². The third kappa shape index (κ3) is 5.27. The van der Waals surface area contributed by atoms with Crippen molar-refractivity contribution >= 4 is 50.4 Å². The predicted molar refractivity (Wildman–Crippen MR) is 150 cm³/mol. The lowest BCUT2D eigenvalue weighted by Gasteiger charge is -2.29. The second-order valence-corrected chi connectivity index (χ2v) is 9.50. The first-order valence-electron chi connectivity index (χ1n) is 12.0. The van der Waals surface area contributed by atoms with Gasteiger partial charge in [0.25, 0.3) is 5.91 Å². The molecule has 0 aliphatic carbocycles. The predicted octanol–water partition coefficient (Wildman–Crippen LogP) is 3.11. The number of aromatic nitrogens is 1. The second-order valence-electron chi connectivity index (χ2n) is 8.51. The lowest BCUT2D eigenvalue weighted by molar-refractivity contribution is -0.117. The van der Waals surface area contributed by atoms with E-state index >= 15 is 0 Å². The SMILES string of the molecule is N=C(ON)c1sc2ncccc2c1N1CCOCC1.NC1N=C(c2ccccc2)c2ccccc2NC1=O. The number of fused-ring (bicyclic) bond motifs is 2. The number of carbonyl (C=O) groups excluding carboxylic acids is 1. The van der Waals surface area contributed by atoms with Gasteiger partial charge in [-0.05, 0) is 18.2 Å². The van der Waals surface area contributed by atoms with Crippen molar-refractivity contribution in [3.05, 3.63) is 88.9 Å². The number of nitrogens with two attached hydrogens (primary N) is 2. The number of carbonyl (C=O) groups is 1. The van der Waals surface area contributed by atoms with Crippen molar-refractivity contribution in [1.29, 1.82) is 5.41 Å². The van der Waals surface area contributed by atoms with Crippen molar-refractivity contribution in [3.63, 3.8) is 0 Å². The van der Waals surface area contributed by atoms with Crippen LogP contribution in [0, 0.1) is 5.41 Å². The zero-order valence-electron chi connectivity index (χ0n) is 20.5. The molecule has 1 saturated heterocycles. The van der Waals surface area contributed by atoms with Gasteiger partial charge >= 0.3 is 0 Å². The Morgan fingerprint density at radius 3 is 2.58 bits per heavy atom. The molecule has 2 aliphatic rings. The van der Waals surface area contributed by atoms with E-state index in [-0.39, 0.29) is 11.8 Å². The molecule has 194 valence electrons. The zero-order chi connectivity index (χ0) is 26.5. The van der Waals surface area contributed by atoms with Crippen molar-refractivity contribution < 1.29 is 14.4 Å². The van der Waals surface area contributed by atoms with Crippen LogP contribution in [0.1, 0.15) is 16.0 Å². The maximum Gasteiger partial charge on any atom is 0.263 e. The molecule has 0 spiro atoms. The number of para-hydroxylation sites is 1. The summed E-state index contributed by atoms with van der Waals surface area (Å²) in [6, 6.07) is 21.2. The first-order chi connectivity index (χ1) is 18.6. The summed E-state index contributed by atoms with van der Waals surface area (Å²) in [6.07, 6.45) is 0.862. The third-order valence-electron chi connectivity index (χ3n) is 6.12. The van der Waals surface area contributed by atoms with Gasteiger partial charge in [-0.2, -0.15) is 5.90 Å². The number of rotatable bonds is 3. The van der Waals surface area contributed by atoms with Gasteiger partial charge in [-0.15, -0.1) is 11.3 Å². The van der Waals surface area contributed by atoms with E-state index in [4.69, 9.17) is 21.8 Å². The van der Waals surface area contributed by atoms with Gasteiger partial charge in [-0.3, -0.25) is 15.2 Å². The molecule has 38 heavy (non-hydrogen) atoms. The van der Waals surface area contributed by atoms with Crippen LogP contribution in [0.5, 0.6) is 0 Å². The first kappa shape index (κ1) is 25.5. The van der Waals surface area contributed by atoms with Crippen LogP contribution in [0.25, 0.3) is 10.2 Å². The topological polar surface area (TPSA) is 152 Å². The van der Waals surface area contributed by atoms with Crippen LogP contribution < -0.4 is 21.8 Å². The van der Waals surface area contributed by atoms with Crippen molar-refractivity contribution in [2.45, 2.75) is 6.17 Å². The summed E-state index contributed by atoms with van der Waals surface area (Å²) in [5, 5.41) is 11.7. The average Bonchev–Trinajstić information content (AvgIpc) is 3.31. The van der Waals surface area contributed by atoms with Crippen LogP contribution in [-0.4, -0.2) is 55.0 Å². The highest BCUT2D eigenvalue weighted by atomic mass is 32.1. The molecule has 6 N–H and O–H groups in total. The van der Waals surface area contributed by atoms with Crippen LogP contribution in [0.2, 0.25) is 0 Å². The number of benzodiazepines with no additional fused rings is 1. The normalized spacial score (nSPS) is 16.9. The molecule has 1 fully saturated rings. The molecule has 0 bridgehead atoms. The number of anilines is 2. The number of morpholine rings is 1. The van der Waals surface area contributed by atoms with E-state index in [1.165, 1.54) is 11.3 Å². The van der Waals surface area contributed by atoms with E-state index in [9.17, 15) is 4.79 Å². The van der Waals surface area contributed by atoms with Crippen molar-refractivity contribution in [1.82, 2.24) is 4.98 Å². The highest BCUT2D eigenvalue weighted by Gasteiger charge is 2.24. The standard InChI is InChI=1S/C15H13N3O.C12H14N4O2S/c16-14-15(19)17-12-9-5-4-8-11(12)13(18-14)10-6-2-1-3-7-10;13-11(18-14)10-9(16-4-6-17-7-5-16)8-2-1-3-15-12(8)19-10/h1-9,14H,16H2,(H,17,19);1-3,13H,4-7,14H2. The van der Waals surface area contributed by atoms with Gasteiger partial charge in [0.1, 0.15) is 9.71 Å².